The van der Waals surface area contributed by atoms with Crippen LogP contribution in [0, 0.1) is 6.92 Å². The molecule has 0 aromatic heterocycles. The molecule has 1 aromatic carbocycles. The van der Waals surface area contributed by atoms with Crippen molar-refractivity contribution in [2.45, 2.75) is 20.4 Å². The van der Waals surface area contributed by atoms with E-state index in [9.17, 15) is 0 Å². The number of nitrogens with two attached hydrogens (primary N) is 1. The topological polar surface area (TPSA) is 50.4 Å². The molecule has 0 aliphatic rings. The lowest BCUT2D eigenvalue weighted by Gasteiger charge is -2.05. The van der Waals surface area contributed by atoms with Gasteiger partial charge in [-0.05, 0) is 31.0 Å². The number of aryl methyl sites for hydroxylation is 1. The lowest BCUT2D eigenvalue weighted by Crippen LogP contribution is -2.32. The van der Waals surface area contributed by atoms with Crippen molar-refractivity contribution >= 4 is 41.5 Å². The van der Waals surface area contributed by atoms with Crippen LogP contribution in [0.2, 0.25) is 5.02 Å². The summed E-state index contributed by atoms with van der Waals surface area (Å²) in [5.41, 5.74) is 8.87. The van der Waals surface area contributed by atoms with Crippen LogP contribution in [0.4, 0.5) is 0 Å². The van der Waals surface area contributed by atoms with Crippen LogP contribution in [0.5, 0.6) is 0 Å². The van der Waals surface area contributed by atoms with Gasteiger partial charge in [0.15, 0.2) is 5.96 Å². The predicted molar refractivity (Wildman–Crippen MR) is 89.7 cm³/mol. The summed E-state index contributed by atoms with van der Waals surface area (Å²) in [6.07, 6.45) is 0. The first-order valence-electron chi connectivity index (χ1n) is 5.42. The van der Waals surface area contributed by atoms with E-state index < -0.39 is 0 Å². The summed E-state index contributed by atoms with van der Waals surface area (Å²) in [7, 11) is 0. The van der Waals surface area contributed by atoms with E-state index >= 15 is 0 Å². The predicted octanol–water partition coefficient (Wildman–Crippen LogP) is 3.25. The molecule has 0 aliphatic heterocycles. The molecule has 0 aliphatic carbocycles. The van der Waals surface area contributed by atoms with Crippen molar-refractivity contribution in [3.05, 3.63) is 46.5 Å². The molecule has 0 unspecified atom stereocenters. The first-order valence-corrected chi connectivity index (χ1v) is 5.80. The average molecular weight is 380 g/mol. The molecule has 0 bridgehead atoms. The summed E-state index contributed by atoms with van der Waals surface area (Å²) in [6.45, 7) is 8.88. The van der Waals surface area contributed by atoms with Gasteiger partial charge in [-0.1, -0.05) is 35.9 Å². The Balaban J connectivity index is 0.00000289. The third-order valence-corrected chi connectivity index (χ3v) is 2.65. The molecule has 18 heavy (non-hydrogen) atoms. The molecule has 0 radical (unpaired) electrons. The van der Waals surface area contributed by atoms with Gasteiger partial charge in [0, 0.05) is 11.6 Å². The van der Waals surface area contributed by atoms with Gasteiger partial charge in [-0.3, -0.25) is 0 Å². The fourth-order valence-electron chi connectivity index (χ4n) is 1.28. The molecule has 0 fully saturated rings. The van der Waals surface area contributed by atoms with Crippen LogP contribution in [0.15, 0.2) is 35.3 Å². The van der Waals surface area contributed by atoms with Crippen LogP contribution in [-0.4, -0.2) is 12.5 Å². The molecule has 1 rings (SSSR count). The fourth-order valence-corrected chi connectivity index (χ4v) is 1.40. The van der Waals surface area contributed by atoms with Crippen LogP contribution >= 0.6 is 35.6 Å². The second-order valence-corrected chi connectivity index (χ2v) is 4.50. The highest BCUT2D eigenvalue weighted by molar-refractivity contribution is 14.0. The molecule has 100 valence electrons. The molecule has 0 amide bonds. The smallest absolute Gasteiger partial charge is 0.189 e. The quantitative estimate of drug-likeness (QED) is 0.365. The Hall–Kier alpha value is -0.750. The maximum Gasteiger partial charge on any atom is 0.189 e. The van der Waals surface area contributed by atoms with Crippen LogP contribution < -0.4 is 11.1 Å². The van der Waals surface area contributed by atoms with E-state index in [1.165, 1.54) is 0 Å². The first kappa shape index (κ1) is 17.2. The molecular weight excluding hydrogens is 361 g/mol. The molecule has 5 heteroatoms. The highest BCUT2D eigenvalue weighted by Gasteiger charge is 1.97. The SMILES string of the molecule is C=C(C)CNC(N)=NCc1ccc(Cl)c(C)c1.I. The van der Waals surface area contributed by atoms with E-state index in [-0.39, 0.29) is 24.0 Å². The van der Waals surface area contributed by atoms with Gasteiger partial charge in [-0.15, -0.1) is 24.0 Å². The van der Waals surface area contributed by atoms with Gasteiger partial charge in [0.1, 0.15) is 0 Å². The van der Waals surface area contributed by atoms with Crippen molar-refractivity contribution < 1.29 is 0 Å². The lowest BCUT2D eigenvalue weighted by molar-refractivity contribution is 0.939. The molecule has 3 nitrogen and oxygen atoms in total. The van der Waals surface area contributed by atoms with Crippen molar-refractivity contribution in [1.82, 2.24) is 5.32 Å². The van der Waals surface area contributed by atoms with Gasteiger partial charge in [0.05, 0.1) is 6.54 Å². The monoisotopic (exact) mass is 379 g/mol. The molecule has 1 aromatic rings. The normalized spacial score (nSPS) is 10.7. The van der Waals surface area contributed by atoms with Crippen LogP contribution in [0.1, 0.15) is 18.1 Å². The summed E-state index contributed by atoms with van der Waals surface area (Å²) < 4.78 is 0. The molecule has 0 heterocycles. The van der Waals surface area contributed by atoms with Gasteiger partial charge in [0.25, 0.3) is 0 Å². The first-order chi connectivity index (χ1) is 7.99. The molecule has 0 saturated carbocycles. The summed E-state index contributed by atoms with van der Waals surface area (Å²) >= 11 is 5.95. The Kier molecular flexibility index (Phi) is 8.02. The summed E-state index contributed by atoms with van der Waals surface area (Å²) in [4.78, 5) is 4.24. The average Bonchev–Trinajstić information content (AvgIpc) is 2.28. The molecule has 0 saturated heterocycles. The van der Waals surface area contributed by atoms with Crippen molar-refractivity contribution in [1.29, 1.82) is 0 Å². The zero-order chi connectivity index (χ0) is 12.8. The van der Waals surface area contributed by atoms with Gasteiger partial charge >= 0.3 is 0 Å². The molecule has 0 spiro atoms. The largest absolute Gasteiger partial charge is 0.370 e. The van der Waals surface area contributed by atoms with E-state index in [0.717, 1.165) is 21.7 Å². The second kappa shape index (κ2) is 8.37. The minimum atomic E-state index is 0. The number of hydrogen-bond acceptors (Lipinski definition) is 1. The van der Waals surface area contributed by atoms with Gasteiger partial charge in [-0.2, -0.15) is 0 Å². The number of nitrogens with one attached hydrogen (secondary N) is 1. The van der Waals surface area contributed by atoms with E-state index in [4.69, 9.17) is 17.3 Å². The maximum absolute atomic E-state index is 5.95. The van der Waals surface area contributed by atoms with Gasteiger partial charge in [-0.25, -0.2) is 4.99 Å². The minimum absolute atomic E-state index is 0. The zero-order valence-electron chi connectivity index (χ0n) is 10.7. The Labute approximate surface area is 131 Å². The number of guanidine groups is 1. The fraction of sp³-hybridized carbons (Fsp3) is 0.308. The number of halogens is 2. The number of hydrogen-bond donors (Lipinski definition) is 2. The highest BCUT2D eigenvalue weighted by Crippen LogP contribution is 2.16. The summed E-state index contributed by atoms with van der Waals surface area (Å²) in [5, 5.41) is 3.75. The second-order valence-electron chi connectivity index (χ2n) is 4.10. The van der Waals surface area contributed by atoms with Gasteiger partial charge < -0.3 is 11.1 Å². The van der Waals surface area contributed by atoms with Crippen molar-refractivity contribution in [3.63, 3.8) is 0 Å². The summed E-state index contributed by atoms with van der Waals surface area (Å²) in [5.74, 6) is 0.431. The highest BCUT2D eigenvalue weighted by atomic mass is 127. The Morgan fingerprint density at radius 1 is 1.50 bits per heavy atom. The molecular formula is C13H19ClIN3. The number of nitrogens with zero attached hydrogens (tertiary/aromatic N) is 1. The lowest BCUT2D eigenvalue weighted by atomic mass is 10.1. The standard InChI is InChI=1S/C13H18ClN3.HI/c1-9(2)7-16-13(15)17-8-11-4-5-12(14)10(3)6-11;/h4-6H,1,7-8H2,2-3H3,(H3,15,16,17);1H. The third-order valence-electron chi connectivity index (χ3n) is 2.23. The summed E-state index contributed by atoms with van der Waals surface area (Å²) in [6, 6.07) is 5.84. The van der Waals surface area contributed by atoms with E-state index in [1.807, 2.05) is 32.0 Å². The van der Waals surface area contributed by atoms with E-state index in [0.29, 0.717) is 19.0 Å². The Bertz CT molecular complexity index is 444. The molecule has 0 atom stereocenters. The van der Waals surface area contributed by atoms with Crippen LogP contribution in [0.25, 0.3) is 0 Å². The van der Waals surface area contributed by atoms with E-state index in [2.05, 4.69) is 16.9 Å². The number of rotatable bonds is 4. The third kappa shape index (κ3) is 6.26. The zero-order valence-corrected chi connectivity index (χ0v) is 13.8. The van der Waals surface area contributed by atoms with Crippen molar-refractivity contribution in [2.75, 3.05) is 6.54 Å². The van der Waals surface area contributed by atoms with Crippen LogP contribution in [-0.2, 0) is 6.54 Å². The van der Waals surface area contributed by atoms with E-state index in [1.54, 1.807) is 0 Å². The number of aliphatic imine (C=N–C) groups is 1. The minimum Gasteiger partial charge on any atom is -0.370 e. The maximum atomic E-state index is 5.95. The van der Waals surface area contributed by atoms with Crippen molar-refractivity contribution in [3.8, 4) is 0 Å². The Morgan fingerprint density at radius 3 is 2.72 bits per heavy atom. The van der Waals surface area contributed by atoms with Gasteiger partial charge in [0.2, 0.25) is 0 Å². The molecule has 3 N–H and O–H groups in total. The van der Waals surface area contributed by atoms with Crippen LogP contribution in [0.3, 0.4) is 0 Å². The Morgan fingerprint density at radius 2 is 2.17 bits per heavy atom. The van der Waals surface area contributed by atoms with Crippen molar-refractivity contribution in [2.24, 2.45) is 10.7 Å². The number of benzene rings is 1.